The predicted octanol–water partition coefficient (Wildman–Crippen LogP) is 1.59. The molecule has 0 unspecified atom stereocenters. The molecule has 1 aromatic rings. The highest BCUT2D eigenvalue weighted by Crippen LogP contribution is 2.19. The van der Waals surface area contributed by atoms with Gasteiger partial charge in [-0.3, -0.25) is 14.9 Å². The maximum absolute atomic E-state index is 12.3. The highest BCUT2D eigenvalue weighted by molar-refractivity contribution is 5.94. The van der Waals surface area contributed by atoms with Crippen molar-refractivity contribution in [1.29, 1.82) is 0 Å². The summed E-state index contributed by atoms with van der Waals surface area (Å²) in [7, 11) is 0. The molecule has 0 saturated carbocycles. The maximum Gasteiger partial charge on any atom is 0.406 e. The Morgan fingerprint density at radius 2 is 2.05 bits per heavy atom. The molecule has 0 saturated heterocycles. The number of carbonyl (C=O) groups is 1. The van der Waals surface area contributed by atoms with Gasteiger partial charge in [0.2, 0.25) is 0 Å². The van der Waals surface area contributed by atoms with E-state index in [1.54, 1.807) is 0 Å². The summed E-state index contributed by atoms with van der Waals surface area (Å²) < 4.78 is 37.0. The number of benzene rings is 1. The lowest BCUT2D eigenvalue weighted by molar-refractivity contribution is -0.384. The second-order valence-electron chi connectivity index (χ2n) is 3.87. The summed E-state index contributed by atoms with van der Waals surface area (Å²) in [6.07, 6.45) is -4.62. The van der Waals surface area contributed by atoms with E-state index in [4.69, 9.17) is 5.11 Å². The number of alkyl halides is 3. The Labute approximate surface area is 111 Å². The van der Waals surface area contributed by atoms with E-state index < -0.39 is 42.4 Å². The van der Waals surface area contributed by atoms with Crippen LogP contribution in [0.3, 0.4) is 0 Å². The van der Waals surface area contributed by atoms with Gasteiger partial charge in [0.25, 0.3) is 11.6 Å². The average molecular weight is 292 g/mol. The predicted molar refractivity (Wildman–Crippen MR) is 62.1 cm³/mol. The van der Waals surface area contributed by atoms with Crippen LogP contribution in [0.25, 0.3) is 0 Å². The smallest absolute Gasteiger partial charge is 0.395 e. The third kappa shape index (κ3) is 4.50. The molecule has 1 amide bonds. The fraction of sp³-hybridized carbons (Fsp3) is 0.364. The van der Waals surface area contributed by atoms with Crippen LogP contribution >= 0.6 is 0 Å². The quantitative estimate of drug-likeness (QED) is 0.660. The second-order valence-corrected chi connectivity index (χ2v) is 3.87. The normalized spacial score (nSPS) is 11.2. The standard InChI is InChI=1S/C11H11F3N2O4/c12-11(13,14)7-15(4-5-17)10(18)8-2-1-3-9(6-8)16(19)20/h1-3,6,17H,4-5,7H2. The lowest BCUT2D eigenvalue weighted by Gasteiger charge is -2.23. The zero-order valence-corrected chi connectivity index (χ0v) is 10.1. The highest BCUT2D eigenvalue weighted by Gasteiger charge is 2.33. The van der Waals surface area contributed by atoms with E-state index >= 15 is 0 Å². The van der Waals surface area contributed by atoms with Gasteiger partial charge in [0.15, 0.2) is 0 Å². The molecule has 0 spiro atoms. The van der Waals surface area contributed by atoms with E-state index in [2.05, 4.69) is 0 Å². The molecule has 0 aromatic heterocycles. The van der Waals surface area contributed by atoms with Crippen LogP contribution < -0.4 is 0 Å². The second kappa shape index (κ2) is 6.33. The summed E-state index contributed by atoms with van der Waals surface area (Å²) in [6, 6.07) is 4.40. The summed E-state index contributed by atoms with van der Waals surface area (Å²) in [5.74, 6) is -1.03. The number of non-ortho nitro benzene ring substituents is 1. The van der Waals surface area contributed by atoms with Crippen molar-refractivity contribution in [3.05, 3.63) is 39.9 Å². The van der Waals surface area contributed by atoms with Gasteiger partial charge in [-0.2, -0.15) is 13.2 Å². The number of amides is 1. The molecule has 0 atom stereocenters. The van der Waals surface area contributed by atoms with Crippen LogP contribution in [-0.4, -0.2) is 46.7 Å². The van der Waals surface area contributed by atoms with E-state index in [0.717, 1.165) is 12.1 Å². The largest absolute Gasteiger partial charge is 0.406 e. The third-order valence-electron chi connectivity index (χ3n) is 2.33. The summed E-state index contributed by atoms with van der Waals surface area (Å²) >= 11 is 0. The van der Waals surface area contributed by atoms with Crippen LogP contribution in [0.4, 0.5) is 18.9 Å². The zero-order chi connectivity index (χ0) is 15.3. The number of halogens is 3. The van der Waals surface area contributed by atoms with Crippen molar-refractivity contribution in [2.45, 2.75) is 6.18 Å². The molecule has 1 N–H and O–H groups in total. The minimum absolute atomic E-state index is 0.239. The molecule has 6 nitrogen and oxygen atoms in total. The van der Waals surface area contributed by atoms with Crippen molar-refractivity contribution in [3.63, 3.8) is 0 Å². The van der Waals surface area contributed by atoms with E-state index in [0.29, 0.717) is 4.90 Å². The van der Waals surface area contributed by atoms with Crippen LogP contribution in [0.1, 0.15) is 10.4 Å². The van der Waals surface area contributed by atoms with Crippen LogP contribution in [0.2, 0.25) is 0 Å². The summed E-state index contributed by atoms with van der Waals surface area (Å²) in [5, 5.41) is 19.3. The van der Waals surface area contributed by atoms with Gasteiger partial charge in [-0.1, -0.05) is 6.07 Å². The number of aliphatic hydroxyl groups is 1. The number of carbonyl (C=O) groups excluding carboxylic acids is 1. The number of aliphatic hydroxyl groups excluding tert-OH is 1. The lowest BCUT2D eigenvalue weighted by atomic mass is 10.1. The SMILES string of the molecule is O=C(c1cccc([N+](=O)[O-])c1)N(CCO)CC(F)(F)F. The summed E-state index contributed by atoms with van der Waals surface area (Å²) in [5.41, 5.74) is -0.635. The zero-order valence-electron chi connectivity index (χ0n) is 10.1. The van der Waals surface area contributed by atoms with Gasteiger partial charge in [0.1, 0.15) is 6.54 Å². The van der Waals surface area contributed by atoms with E-state index in [1.807, 2.05) is 0 Å². The van der Waals surface area contributed by atoms with Gasteiger partial charge in [-0.05, 0) is 6.07 Å². The Hall–Kier alpha value is -2.16. The van der Waals surface area contributed by atoms with Crippen LogP contribution in [0, 0.1) is 10.1 Å². The van der Waals surface area contributed by atoms with Gasteiger partial charge < -0.3 is 10.0 Å². The summed E-state index contributed by atoms with van der Waals surface area (Å²) in [6.45, 7) is -2.69. The average Bonchev–Trinajstić information content (AvgIpc) is 2.36. The molecule has 0 aliphatic rings. The van der Waals surface area contributed by atoms with Crippen molar-refractivity contribution >= 4 is 11.6 Å². The molecule has 0 aliphatic carbocycles. The molecule has 0 bridgehead atoms. The third-order valence-corrected chi connectivity index (χ3v) is 2.33. The molecular weight excluding hydrogens is 281 g/mol. The van der Waals surface area contributed by atoms with Crippen molar-refractivity contribution in [3.8, 4) is 0 Å². The van der Waals surface area contributed by atoms with Gasteiger partial charge in [-0.15, -0.1) is 0 Å². The van der Waals surface area contributed by atoms with E-state index in [1.165, 1.54) is 12.1 Å². The number of hydrogen-bond donors (Lipinski definition) is 1. The number of nitro benzene ring substituents is 1. The summed E-state index contributed by atoms with van der Waals surface area (Å²) in [4.78, 5) is 22.1. The number of hydrogen-bond acceptors (Lipinski definition) is 4. The van der Waals surface area contributed by atoms with E-state index in [-0.39, 0.29) is 5.56 Å². The topological polar surface area (TPSA) is 83.7 Å². The van der Waals surface area contributed by atoms with Gasteiger partial charge in [0.05, 0.1) is 11.5 Å². The number of rotatable bonds is 5. The Kier molecular flexibility index (Phi) is 5.03. The van der Waals surface area contributed by atoms with Crippen molar-refractivity contribution < 1.29 is 28.0 Å². The monoisotopic (exact) mass is 292 g/mol. The molecule has 0 heterocycles. The molecule has 0 radical (unpaired) electrons. The Morgan fingerprint density at radius 3 is 2.55 bits per heavy atom. The van der Waals surface area contributed by atoms with Crippen LogP contribution in [-0.2, 0) is 0 Å². The Balaban J connectivity index is 3.00. The molecule has 0 aliphatic heterocycles. The molecule has 1 aromatic carbocycles. The molecule has 9 heteroatoms. The Morgan fingerprint density at radius 1 is 1.40 bits per heavy atom. The van der Waals surface area contributed by atoms with Crippen molar-refractivity contribution in [2.75, 3.05) is 19.7 Å². The van der Waals surface area contributed by atoms with Gasteiger partial charge >= 0.3 is 6.18 Å². The first kappa shape index (κ1) is 15.9. The molecule has 20 heavy (non-hydrogen) atoms. The number of nitrogens with zero attached hydrogens (tertiary/aromatic N) is 2. The van der Waals surface area contributed by atoms with Crippen LogP contribution in [0.15, 0.2) is 24.3 Å². The first-order valence-electron chi connectivity index (χ1n) is 5.46. The minimum atomic E-state index is -4.62. The number of nitro groups is 1. The fourth-order valence-electron chi connectivity index (χ4n) is 1.52. The molecule has 0 fully saturated rings. The van der Waals surface area contributed by atoms with E-state index in [9.17, 15) is 28.1 Å². The molecule has 1 rings (SSSR count). The first-order valence-corrected chi connectivity index (χ1v) is 5.46. The molecular formula is C11H11F3N2O4. The van der Waals surface area contributed by atoms with Gasteiger partial charge in [0, 0.05) is 24.2 Å². The van der Waals surface area contributed by atoms with Crippen molar-refractivity contribution in [1.82, 2.24) is 4.90 Å². The fourth-order valence-corrected chi connectivity index (χ4v) is 1.52. The first-order chi connectivity index (χ1) is 9.24. The van der Waals surface area contributed by atoms with Gasteiger partial charge in [-0.25, -0.2) is 0 Å². The van der Waals surface area contributed by atoms with Crippen LogP contribution in [0.5, 0.6) is 0 Å². The molecule has 110 valence electrons. The lowest BCUT2D eigenvalue weighted by Crippen LogP contribution is -2.40. The maximum atomic E-state index is 12.3. The minimum Gasteiger partial charge on any atom is -0.395 e. The van der Waals surface area contributed by atoms with Crippen molar-refractivity contribution in [2.24, 2.45) is 0 Å². The highest BCUT2D eigenvalue weighted by atomic mass is 19.4. The Bertz CT molecular complexity index is 505.